The fourth-order valence-corrected chi connectivity index (χ4v) is 2.89. The lowest BCUT2D eigenvalue weighted by Gasteiger charge is -2.22. The van der Waals surface area contributed by atoms with Gasteiger partial charge in [0.2, 0.25) is 0 Å². The Hall–Kier alpha value is -1.89. The summed E-state index contributed by atoms with van der Waals surface area (Å²) in [5, 5.41) is 6.56. The van der Waals surface area contributed by atoms with Gasteiger partial charge >= 0.3 is 11.8 Å². The molecule has 2 amide bonds. The number of carbonyl (C=O) groups is 2. The van der Waals surface area contributed by atoms with E-state index in [1.807, 2.05) is 6.07 Å². The van der Waals surface area contributed by atoms with Crippen LogP contribution in [0.3, 0.4) is 0 Å². The zero-order valence-corrected chi connectivity index (χ0v) is 14.6. The number of amides is 2. The van der Waals surface area contributed by atoms with Gasteiger partial charge in [-0.15, -0.1) is 0 Å². The Balaban J connectivity index is 1.88. The monoisotopic (exact) mass is 381 g/mol. The van der Waals surface area contributed by atoms with Crippen molar-refractivity contribution in [3.05, 3.63) is 28.2 Å². The second-order valence-corrected chi connectivity index (χ2v) is 6.31. The van der Waals surface area contributed by atoms with Crippen molar-refractivity contribution in [3.63, 3.8) is 0 Å². The van der Waals surface area contributed by atoms with Gasteiger partial charge in [-0.2, -0.15) is 5.10 Å². The molecular formula is C16H20BrN3O3. The highest BCUT2D eigenvalue weighted by Crippen LogP contribution is 2.21. The molecule has 0 saturated heterocycles. The molecule has 2 N–H and O–H groups in total. The molecule has 0 aliphatic heterocycles. The molecule has 7 heteroatoms. The predicted octanol–water partition coefficient (Wildman–Crippen LogP) is 2.36. The number of nitrogens with one attached hydrogen (secondary N) is 2. The highest BCUT2D eigenvalue weighted by molar-refractivity contribution is 9.10. The number of ether oxygens (including phenoxy) is 1. The summed E-state index contributed by atoms with van der Waals surface area (Å²) in [5.41, 5.74) is 2.93. The second kappa shape index (κ2) is 8.67. The molecule has 124 valence electrons. The first-order valence-corrected chi connectivity index (χ1v) is 8.37. The predicted molar refractivity (Wildman–Crippen MR) is 91.4 cm³/mol. The van der Waals surface area contributed by atoms with Crippen LogP contribution >= 0.6 is 15.9 Å². The maximum absolute atomic E-state index is 11.8. The van der Waals surface area contributed by atoms with Crippen LogP contribution in [0.15, 0.2) is 27.8 Å². The zero-order valence-electron chi connectivity index (χ0n) is 13.0. The van der Waals surface area contributed by atoms with E-state index in [1.165, 1.54) is 12.6 Å². The molecule has 1 aliphatic rings. The average Bonchev–Trinajstić information content (AvgIpc) is 2.56. The van der Waals surface area contributed by atoms with E-state index in [2.05, 4.69) is 31.8 Å². The molecule has 1 aromatic carbocycles. The van der Waals surface area contributed by atoms with Gasteiger partial charge in [0, 0.05) is 16.1 Å². The molecule has 0 radical (unpaired) electrons. The van der Waals surface area contributed by atoms with Gasteiger partial charge < -0.3 is 10.1 Å². The van der Waals surface area contributed by atoms with Crippen molar-refractivity contribution in [1.82, 2.24) is 10.7 Å². The van der Waals surface area contributed by atoms with Gasteiger partial charge in [-0.3, -0.25) is 9.59 Å². The Morgan fingerprint density at radius 1 is 1.26 bits per heavy atom. The van der Waals surface area contributed by atoms with Crippen molar-refractivity contribution >= 4 is 34.0 Å². The van der Waals surface area contributed by atoms with Crippen LogP contribution < -0.4 is 15.5 Å². The number of hydrazone groups is 1. The fourth-order valence-electron chi connectivity index (χ4n) is 2.52. The Bertz CT molecular complexity index is 598. The van der Waals surface area contributed by atoms with Crippen molar-refractivity contribution in [2.75, 3.05) is 7.11 Å². The summed E-state index contributed by atoms with van der Waals surface area (Å²) in [6.45, 7) is 0. The number of carbonyl (C=O) groups excluding carboxylic acids is 2. The molecule has 1 aromatic rings. The van der Waals surface area contributed by atoms with Gasteiger partial charge in [-0.1, -0.05) is 35.2 Å². The van der Waals surface area contributed by atoms with Crippen molar-refractivity contribution in [2.45, 2.75) is 38.1 Å². The molecule has 0 atom stereocenters. The zero-order chi connectivity index (χ0) is 16.7. The van der Waals surface area contributed by atoms with Gasteiger partial charge in [-0.05, 0) is 31.0 Å². The summed E-state index contributed by atoms with van der Waals surface area (Å²) >= 11 is 3.36. The smallest absolute Gasteiger partial charge is 0.329 e. The molecule has 0 unspecified atom stereocenters. The Labute approximate surface area is 143 Å². The molecule has 0 aromatic heterocycles. The van der Waals surface area contributed by atoms with Crippen LogP contribution in [-0.2, 0) is 9.59 Å². The van der Waals surface area contributed by atoms with Crippen molar-refractivity contribution in [1.29, 1.82) is 0 Å². The maximum Gasteiger partial charge on any atom is 0.329 e. The minimum Gasteiger partial charge on any atom is -0.496 e. The van der Waals surface area contributed by atoms with Gasteiger partial charge in [0.05, 0.1) is 13.3 Å². The Morgan fingerprint density at radius 3 is 2.70 bits per heavy atom. The van der Waals surface area contributed by atoms with E-state index in [1.54, 1.807) is 19.2 Å². The van der Waals surface area contributed by atoms with Crippen LogP contribution in [-0.4, -0.2) is 31.2 Å². The van der Waals surface area contributed by atoms with E-state index in [0.29, 0.717) is 11.3 Å². The molecule has 23 heavy (non-hydrogen) atoms. The third-order valence-corrected chi connectivity index (χ3v) is 4.20. The van der Waals surface area contributed by atoms with Crippen molar-refractivity contribution in [3.8, 4) is 5.75 Å². The van der Waals surface area contributed by atoms with E-state index in [0.717, 1.165) is 30.2 Å². The van der Waals surface area contributed by atoms with Crippen LogP contribution in [0.1, 0.15) is 37.7 Å². The van der Waals surface area contributed by atoms with Gasteiger partial charge in [0.25, 0.3) is 0 Å². The number of hydrogen-bond acceptors (Lipinski definition) is 4. The molecule has 0 spiro atoms. The molecule has 6 nitrogen and oxygen atoms in total. The molecule has 1 saturated carbocycles. The van der Waals surface area contributed by atoms with Crippen LogP contribution in [0.4, 0.5) is 0 Å². The first kappa shape index (κ1) is 17.5. The molecular weight excluding hydrogens is 362 g/mol. The minimum absolute atomic E-state index is 0.0937. The standard InChI is InChI=1S/C16H20BrN3O3/c1-23-14-8-7-12(17)9-11(14)10-18-20-16(22)15(21)19-13-5-3-2-4-6-13/h7-10,13H,2-6H2,1H3,(H,19,21)(H,20,22). The highest BCUT2D eigenvalue weighted by Gasteiger charge is 2.19. The number of benzene rings is 1. The third kappa shape index (κ3) is 5.35. The van der Waals surface area contributed by atoms with Crippen molar-refractivity contribution < 1.29 is 14.3 Å². The first-order valence-electron chi connectivity index (χ1n) is 7.57. The number of halogens is 1. The van der Waals surface area contributed by atoms with E-state index in [9.17, 15) is 9.59 Å². The summed E-state index contributed by atoms with van der Waals surface area (Å²) in [6.07, 6.45) is 6.67. The number of hydrogen-bond donors (Lipinski definition) is 2. The van der Waals surface area contributed by atoms with E-state index < -0.39 is 11.8 Å². The summed E-state index contributed by atoms with van der Waals surface area (Å²) in [6, 6.07) is 5.52. The molecule has 0 bridgehead atoms. The van der Waals surface area contributed by atoms with Crippen LogP contribution in [0.2, 0.25) is 0 Å². The Morgan fingerprint density at radius 2 is 2.00 bits per heavy atom. The SMILES string of the molecule is COc1ccc(Br)cc1C=NNC(=O)C(=O)NC1CCCCC1. The number of nitrogens with zero attached hydrogens (tertiary/aromatic N) is 1. The third-order valence-electron chi connectivity index (χ3n) is 3.71. The van der Waals surface area contributed by atoms with Crippen LogP contribution in [0.5, 0.6) is 5.75 Å². The normalized spacial score (nSPS) is 15.4. The summed E-state index contributed by atoms with van der Waals surface area (Å²) in [4.78, 5) is 23.6. The summed E-state index contributed by atoms with van der Waals surface area (Å²) < 4.78 is 6.06. The average molecular weight is 382 g/mol. The number of rotatable bonds is 4. The number of methoxy groups -OCH3 is 1. The maximum atomic E-state index is 11.8. The summed E-state index contributed by atoms with van der Waals surface area (Å²) in [7, 11) is 1.55. The quantitative estimate of drug-likeness (QED) is 0.477. The molecule has 1 fully saturated rings. The van der Waals surface area contributed by atoms with Crippen LogP contribution in [0, 0.1) is 0 Å². The highest BCUT2D eigenvalue weighted by atomic mass is 79.9. The lowest BCUT2D eigenvalue weighted by molar-refractivity contribution is -0.139. The Kier molecular flexibility index (Phi) is 6.58. The molecule has 1 aliphatic carbocycles. The van der Waals surface area contributed by atoms with Gasteiger partial charge in [0.1, 0.15) is 5.75 Å². The first-order chi connectivity index (χ1) is 11.1. The topological polar surface area (TPSA) is 79.8 Å². The fraction of sp³-hybridized carbons (Fsp3) is 0.438. The van der Waals surface area contributed by atoms with E-state index in [4.69, 9.17) is 4.74 Å². The van der Waals surface area contributed by atoms with Crippen molar-refractivity contribution in [2.24, 2.45) is 5.10 Å². The van der Waals surface area contributed by atoms with Crippen LogP contribution in [0.25, 0.3) is 0 Å². The molecule has 0 heterocycles. The van der Waals surface area contributed by atoms with Gasteiger partial charge in [0.15, 0.2) is 0 Å². The second-order valence-electron chi connectivity index (χ2n) is 5.39. The van der Waals surface area contributed by atoms with E-state index >= 15 is 0 Å². The van der Waals surface area contributed by atoms with Gasteiger partial charge in [-0.25, -0.2) is 5.43 Å². The van der Waals surface area contributed by atoms with E-state index in [-0.39, 0.29) is 6.04 Å². The molecule has 2 rings (SSSR count). The summed E-state index contributed by atoms with van der Waals surface area (Å²) in [5.74, 6) is -0.783. The minimum atomic E-state index is -0.763. The lowest BCUT2D eigenvalue weighted by Crippen LogP contribution is -2.44. The lowest BCUT2D eigenvalue weighted by atomic mass is 9.95. The largest absolute Gasteiger partial charge is 0.496 e.